The highest BCUT2D eigenvalue weighted by Crippen LogP contribution is 2.20. The number of aromatic amines is 2. The molecule has 0 saturated heterocycles. The molecule has 0 fully saturated rings. The van der Waals surface area contributed by atoms with Crippen molar-refractivity contribution in [2.24, 2.45) is 0 Å². The molecular formula is C12H7IN6. The normalized spacial score (nSPS) is 11.4. The molecule has 0 unspecified atom stereocenters. The van der Waals surface area contributed by atoms with Crippen molar-refractivity contribution in [3.8, 4) is 11.5 Å². The number of rotatable bonds is 1. The molecule has 0 aromatic carbocycles. The second kappa shape index (κ2) is 3.98. The third kappa shape index (κ3) is 1.77. The first-order valence-electron chi connectivity index (χ1n) is 5.63. The van der Waals surface area contributed by atoms with E-state index >= 15 is 0 Å². The molecule has 4 aromatic heterocycles. The topological polar surface area (TPSA) is 83.1 Å². The number of aromatic nitrogens is 6. The van der Waals surface area contributed by atoms with E-state index in [4.69, 9.17) is 0 Å². The van der Waals surface area contributed by atoms with Crippen molar-refractivity contribution >= 4 is 44.9 Å². The zero-order chi connectivity index (χ0) is 12.8. The summed E-state index contributed by atoms with van der Waals surface area (Å²) >= 11 is 2.13. The Kier molecular flexibility index (Phi) is 2.28. The number of nitrogens with zero attached hydrogens (tertiary/aromatic N) is 4. The average molecular weight is 362 g/mol. The van der Waals surface area contributed by atoms with Gasteiger partial charge in [0.15, 0.2) is 20.9 Å². The number of H-pyrrole nitrogens is 2. The maximum absolute atomic E-state index is 4.46. The maximum atomic E-state index is 4.46. The molecular weight excluding hydrogens is 355 g/mol. The molecule has 4 heterocycles. The summed E-state index contributed by atoms with van der Waals surface area (Å²) in [6, 6.07) is 7.67. The molecule has 4 rings (SSSR count). The van der Waals surface area contributed by atoms with E-state index in [1.54, 1.807) is 6.20 Å². The molecule has 0 radical (unpaired) electrons. The van der Waals surface area contributed by atoms with Crippen LogP contribution in [0, 0.1) is 3.83 Å². The quantitative estimate of drug-likeness (QED) is 0.510. The van der Waals surface area contributed by atoms with Gasteiger partial charge in [0.05, 0.1) is 11.0 Å². The fourth-order valence-electron chi connectivity index (χ4n) is 1.97. The van der Waals surface area contributed by atoms with Crippen LogP contribution in [0.3, 0.4) is 0 Å². The maximum Gasteiger partial charge on any atom is 0.180 e. The molecule has 0 aliphatic heterocycles. The van der Waals surface area contributed by atoms with Crippen LogP contribution >= 0.6 is 22.6 Å². The summed E-state index contributed by atoms with van der Waals surface area (Å²) in [6.07, 6.45) is 1.74. The van der Waals surface area contributed by atoms with Crippen LogP contribution in [0.2, 0.25) is 0 Å². The molecule has 0 atom stereocenters. The largest absolute Gasteiger partial charge is 0.335 e. The Morgan fingerprint density at radius 1 is 0.947 bits per heavy atom. The summed E-state index contributed by atoms with van der Waals surface area (Å²) in [5.74, 6) is 0.713. The highest BCUT2D eigenvalue weighted by molar-refractivity contribution is 14.1. The first-order valence-corrected chi connectivity index (χ1v) is 6.71. The number of hydrogen-bond acceptors (Lipinski definition) is 4. The van der Waals surface area contributed by atoms with Gasteiger partial charge in [0.25, 0.3) is 0 Å². The van der Waals surface area contributed by atoms with E-state index in [9.17, 15) is 0 Å². The van der Waals surface area contributed by atoms with Crippen LogP contribution < -0.4 is 0 Å². The van der Waals surface area contributed by atoms with Crippen LogP contribution in [0.4, 0.5) is 0 Å². The van der Waals surface area contributed by atoms with E-state index in [0.717, 1.165) is 20.6 Å². The molecule has 0 aliphatic rings. The summed E-state index contributed by atoms with van der Waals surface area (Å²) < 4.78 is 0.817. The fourth-order valence-corrected chi connectivity index (χ4v) is 2.49. The Balaban J connectivity index is 1.96. The first kappa shape index (κ1) is 10.9. The van der Waals surface area contributed by atoms with Crippen LogP contribution in [0.5, 0.6) is 0 Å². The van der Waals surface area contributed by atoms with Gasteiger partial charge in [-0.25, -0.2) is 15.0 Å². The van der Waals surface area contributed by atoms with Crippen LogP contribution in [-0.2, 0) is 0 Å². The Bertz CT molecular complexity index is 828. The highest BCUT2D eigenvalue weighted by Gasteiger charge is 2.10. The van der Waals surface area contributed by atoms with Crippen molar-refractivity contribution in [3.05, 3.63) is 34.3 Å². The van der Waals surface area contributed by atoms with E-state index in [2.05, 4.69) is 52.5 Å². The fraction of sp³-hybridized carbons (Fsp3) is 0. The molecule has 2 N–H and O–H groups in total. The van der Waals surface area contributed by atoms with Crippen molar-refractivity contribution in [3.63, 3.8) is 0 Å². The molecule has 4 aromatic rings. The van der Waals surface area contributed by atoms with Crippen molar-refractivity contribution in [1.82, 2.24) is 29.9 Å². The van der Waals surface area contributed by atoms with Gasteiger partial charge in [0, 0.05) is 6.20 Å². The van der Waals surface area contributed by atoms with Gasteiger partial charge in [-0.1, -0.05) is 6.07 Å². The van der Waals surface area contributed by atoms with Gasteiger partial charge in [-0.2, -0.15) is 0 Å². The monoisotopic (exact) mass is 362 g/mol. The minimum absolute atomic E-state index is 0.649. The molecule has 19 heavy (non-hydrogen) atoms. The predicted molar refractivity (Wildman–Crippen MR) is 79.5 cm³/mol. The lowest BCUT2D eigenvalue weighted by atomic mass is 10.3. The van der Waals surface area contributed by atoms with E-state index in [1.807, 2.05) is 24.3 Å². The summed E-state index contributed by atoms with van der Waals surface area (Å²) in [7, 11) is 0. The van der Waals surface area contributed by atoms with E-state index in [0.29, 0.717) is 17.1 Å². The third-order valence-corrected chi connectivity index (χ3v) is 3.31. The lowest BCUT2D eigenvalue weighted by molar-refractivity contribution is 1.22. The van der Waals surface area contributed by atoms with E-state index < -0.39 is 0 Å². The van der Waals surface area contributed by atoms with Crippen molar-refractivity contribution in [2.75, 3.05) is 0 Å². The van der Waals surface area contributed by atoms with Crippen LogP contribution in [0.15, 0.2) is 30.5 Å². The second-order valence-electron chi connectivity index (χ2n) is 4.06. The van der Waals surface area contributed by atoms with Crippen molar-refractivity contribution < 1.29 is 0 Å². The summed E-state index contributed by atoms with van der Waals surface area (Å²) in [6.45, 7) is 0. The Morgan fingerprint density at radius 2 is 1.79 bits per heavy atom. The van der Waals surface area contributed by atoms with Crippen LogP contribution in [0.25, 0.3) is 33.8 Å². The number of imidazole rings is 2. The molecule has 0 amide bonds. The summed E-state index contributed by atoms with van der Waals surface area (Å²) in [5, 5.41) is 0. The van der Waals surface area contributed by atoms with Gasteiger partial charge >= 0.3 is 0 Å². The SMILES string of the molecule is Ic1nc2nc3nc(-c4ccccn4)[nH]c3cc2[nH]1. The van der Waals surface area contributed by atoms with Gasteiger partial charge in [-0.3, -0.25) is 4.98 Å². The van der Waals surface area contributed by atoms with Gasteiger partial charge in [-0.15, -0.1) is 0 Å². The van der Waals surface area contributed by atoms with E-state index in [-0.39, 0.29) is 0 Å². The molecule has 0 bridgehead atoms. The lowest BCUT2D eigenvalue weighted by Gasteiger charge is -1.91. The second-order valence-corrected chi connectivity index (χ2v) is 5.08. The van der Waals surface area contributed by atoms with Gasteiger partial charge < -0.3 is 9.97 Å². The number of nitrogens with one attached hydrogen (secondary N) is 2. The molecule has 92 valence electrons. The van der Waals surface area contributed by atoms with Gasteiger partial charge in [0.1, 0.15) is 5.69 Å². The molecule has 0 saturated carbocycles. The number of fused-ring (bicyclic) bond motifs is 2. The minimum Gasteiger partial charge on any atom is -0.335 e. The molecule has 0 aliphatic carbocycles. The van der Waals surface area contributed by atoms with Gasteiger partial charge in [-0.05, 0) is 40.8 Å². The Labute approximate surface area is 120 Å². The lowest BCUT2D eigenvalue weighted by Crippen LogP contribution is -1.83. The van der Waals surface area contributed by atoms with Crippen molar-refractivity contribution in [2.45, 2.75) is 0 Å². The molecule has 6 nitrogen and oxygen atoms in total. The van der Waals surface area contributed by atoms with E-state index in [1.165, 1.54) is 0 Å². The number of hydrogen-bond donors (Lipinski definition) is 2. The zero-order valence-electron chi connectivity index (χ0n) is 9.55. The highest BCUT2D eigenvalue weighted by atomic mass is 127. The van der Waals surface area contributed by atoms with Crippen LogP contribution in [-0.4, -0.2) is 29.9 Å². The molecule has 0 spiro atoms. The molecule has 7 heteroatoms. The third-order valence-electron chi connectivity index (χ3n) is 2.80. The van der Waals surface area contributed by atoms with Crippen molar-refractivity contribution in [1.29, 1.82) is 0 Å². The minimum atomic E-state index is 0.649. The number of pyridine rings is 2. The van der Waals surface area contributed by atoms with Gasteiger partial charge in [0.2, 0.25) is 0 Å². The summed E-state index contributed by atoms with van der Waals surface area (Å²) in [4.78, 5) is 23.8. The number of halogens is 1. The predicted octanol–water partition coefficient (Wildman–Crippen LogP) is 2.50. The average Bonchev–Trinajstić information content (AvgIpc) is 2.98. The summed E-state index contributed by atoms with van der Waals surface area (Å²) in [5.41, 5.74) is 3.89. The first-order chi connectivity index (χ1) is 9.29. The Hall–Kier alpha value is -2.03. The Morgan fingerprint density at radius 3 is 2.63 bits per heavy atom. The standard InChI is InChI=1S/C12H7IN6/c13-12-16-8-5-7-10(18-11(8)19-12)17-9(15-7)6-3-1-2-4-14-6/h1-5H,(H2,15,16,17,18,19). The smallest absolute Gasteiger partial charge is 0.180 e. The van der Waals surface area contributed by atoms with Crippen LogP contribution in [0.1, 0.15) is 0 Å². The zero-order valence-corrected chi connectivity index (χ0v) is 11.7.